The van der Waals surface area contributed by atoms with E-state index in [4.69, 9.17) is 9.47 Å². The molecule has 1 fully saturated rings. The topological polar surface area (TPSA) is 101 Å². The zero-order valence-electron chi connectivity index (χ0n) is 20.1. The van der Waals surface area contributed by atoms with Gasteiger partial charge >= 0.3 is 12.0 Å². The highest BCUT2D eigenvalue weighted by Gasteiger charge is 2.29. The van der Waals surface area contributed by atoms with Gasteiger partial charge in [0, 0.05) is 30.2 Å². The van der Waals surface area contributed by atoms with Crippen molar-refractivity contribution >= 4 is 34.9 Å². The summed E-state index contributed by atoms with van der Waals surface area (Å²) in [6, 6.07) is 6.81. The summed E-state index contributed by atoms with van der Waals surface area (Å²) in [5.41, 5.74) is 1.03. The molecule has 0 saturated carbocycles. The van der Waals surface area contributed by atoms with Crippen LogP contribution in [0.5, 0.6) is 5.75 Å². The summed E-state index contributed by atoms with van der Waals surface area (Å²) in [6.45, 7) is 7.31. The summed E-state index contributed by atoms with van der Waals surface area (Å²) < 4.78 is 10.2. The number of ether oxygens (including phenoxy) is 2. The molecule has 1 aliphatic heterocycles. The number of urea groups is 1. The maximum Gasteiger partial charge on any atom is 0.322 e. The Kier molecular flexibility index (Phi) is 8.86. The maximum atomic E-state index is 12.9. The fourth-order valence-corrected chi connectivity index (χ4v) is 4.49. The van der Waals surface area contributed by atoms with Gasteiger partial charge in [0.25, 0.3) is 5.91 Å². The van der Waals surface area contributed by atoms with Gasteiger partial charge in [-0.25, -0.2) is 9.78 Å². The standard InChI is InChI=1S/C24H32N4O5S/c1-5-33-23(30)17-10-12-27(13-11-17)22(29)20-15-34-21(26-20)14-28(16(2)3)24(31)25-18-6-8-19(32-4)9-7-18/h6-9,15-17H,5,10-14H2,1-4H3,(H,25,31). The molecular weight excluding hydrogens is 456 g/mol. The monoisotopic (exact) mass is 488 g/mol. The number of likely N-dealkylation sites (tertiary alicyclic amines) is 1. The van der Waals surface area contributed by atoms with Crippen LogP contribution in [-0.2, 0) is 16.1 Å². The SMILES string of the molecule is CCOC(=O)C1CCN(C(=O)c2csc(CN(C(=O)Nc3ccc(OC)cc3)C(C)C)n2)CC1. The first-order valence-corrected chi connectivity index (χ1v) is 12.3. The molecule has 0 unspecified atom stereocenters. The Balaban J connectivity index is 1.58. The van der Waals surface area contributed by atoms with Gasteiger partial charge in [-0.2, -0.15) is 0 Å². The molecule has 3 amide bonds. The number of carbonyl (C=O) groups excluding carboxylic acids is 3. The van der Waals surface area contributed by atoms with E-state index in [9.17, 15) is 14.4 Å². The fourth-order valence-electron chi connectivity index (χ4n) is 3.73. The summed E-state index contributed by atoms with van der Waals surface area (Å²) in [7, 11) is 1.59. The van der Waals surface area contributed by atoms with Crippen LogP contribution in [0.25, 0.3) is 0 Å². The van der Waals surface area contributed by atoms with E-state index in [1.54, 1.807) is 53.5 Å². The molecule has 2 aromatic rings. The Hall–Kier alpha value is -3.14. The first kappa shape index (κ1) is 25.5. The molecule has 0 bridgehead atoms. The normalized spacial score (nSPS) is 14.1. The number of methoxy groups -OCH3 is 1. The number of anilines is 1. The average Bonchev–Trinajstić information content (AvgIpc) is 3.31. The van der Waals surface area contributed by atoms with Gasteiger partial charge in [0.2, 0.25) is 0 Å². The van der Waals surface area contributed by atoms with Crippen LogP contribution in [0.4, 0.5) is 10.5 Å². The molecule has 10 heteroatoms. The van der Waals surface area contributed by atoms with Gasteiger partial charge in [0.05, 0.1) is 26.2 Å². The summed E-state index contributed by atoms with van der Waals surface area (Å²) in [6.07, 6.45) is 1.18. The minimum absolute atomic E-state index is 0.0665. The lowest BCUT2D eigenvalue weighted by Crippen LogP contribution is -2.41. The van der Waals surface area contributed by atoms with Crippen LogP contribution in [0.1, 0.15) is 49.1 Å². The zero-order chi connectivity index (χ0) is 24.7. The number of amides is 3. The molecule has 1 N–H and O–H groups in total. The molecule has 1 aromatic carbocycles. The molecule has 0 aliphatic carbocycles. The molecular formula is C24H32N4O5S. The van der Waals surface area contributed by atoms with Crippen LogP contribution in [0.3, 0.4) is 0 Å². The minimum Gasteiger partial charge on any atom is -0.497 e. The van der Waals surface area contributed by atoms with Crippen molar-refractivity contribution in [2.45, 2.75) is 46.2 Å². The van der Waals surface area contributed by atoms with Crippen molar-refractivity contribution in [1.29, 1.82) is 0 Å². The fraction of sp³-hybridized carbons (Fsp3) is 0.500. The molecule has 2 heterocycles. The van der Waals surface area contributed by atoms with Crippen LogP contribution in [0, 0.1) is 5.92 Å². The van der Waals surface area contributed by atoms with Crippen LogP contribution in [-0.4, -0.2) is 65.5 Å². The quantitative estimate of drug-likeness (QED) is 0.564. The van der Waals surface area contributed by atoms with E-state index in [1.165, 1.54) is 11.3 Å². The highest BCUT2D eigenvalue weighted by Crippen LogP contribution is 2.22. The largest absolute Gasteiger partial charge is 0.497 e. The number of rotatable bonds is 8. The van der Waals surface area contributed by atoms with E-state index in [1.807, 2.05) is 13.8 Å². The van der Waals surface area contributed by atoms with Gasteiger partial charge in [0.15, 0.2) is 0 Å². The lowest BCUT2D eigenvalue weighted by Gasteiger charge is -2.30. The van der Waals surface area contributed by atoms with Crippen LogP contribution < -0.4 is 10.1 Å². The zero-order valence-corrected chi connectivity index (χ0v) is 20.9. The molecule has 0 atom stereocenters. The third-order valence-electron chi connectivity index (χ3n) is 5.70. The van der Waals surface area contributed by atoms with E-state index in [-0.39, 0.29) is 29.9 Å². The predicted molar refractivity (Wildman–Crippen MR) is 130 cm³/mol. The number of nitrogens with zero attached hydrogens (tertiary/aromatic N) is 3. The van der Waals surface area contributed by atoms with Crippen LogP contribution in [0.2, 0.25) is 0 Å². The Morgan fingerprint density at radius 2 is 1.88 bits per heavy atom. The van der Waals surface area contributed by atoms with Gasteiger partial charge in [-0.3, -0.25) is 9.59 Å². The van der Waals surface area contributed by atoms with Gasteiger partial charge in [-0.1, -0.05) is 0 Å². The second-order valence-electron chi connectivity index (χ2n) is 8.33. The van der Waals surface area contributed by atoms with Crippen molar-refractivity contribution in [3.8, 4) is 5.75 Å². The third kappa shape index (κ3) is 6.47. The van der Waals surface area contributed by atoms with Crippen molar-refractivity contribution in [2.75, 3.05) is 32.1 Å². The van der Waals surface area contributed by atoms with E-state index in [0.29, 0.717) is 61.2 Å². The number of piperidine rings is 1. The number of hydrogen-bond acceptors (Lipinski definition) is 7. The summed E-state index contributed by atoms with van der Waals surface area (Å²) in [4.78, 5) is 45.6. The number of thiazole rings is 1. The lowest BCUT2D eigenvalue weighted by atomic mass is 9.97. The molecule has 184 valence electrons. The van der Waals surface area contributed by atoms with E-state index in [0.717, 1.165) is 0 Å². The molecule has 1 saturated heterocycles. The second kappa shape index (κ2) is 11.8. The van der Waals surface area contributed by atoms with E-state index < -0.39 is 0 Å². The summed E-state index contributed by atoms with van der Waals surface area (Å²) >= 11 is 1.36. The van der Waals surface area contributed by atoms with Crippen molar-refractivity contribution in [2.24, 2.45) is 5.92 Å². The summed E-state index contributed by atoms with van der Waals surface area (Å²) in [5, 5.41) is 5.31. The number of carbonyl (C=O) groups is 3. The Bertz CT molecular complexity index is 984. The van der Waals surface area contributed by atoms with Gasteiger partial charge in [-0.15, -0.1) is 11.3 Å². The van der Waals surface area contributed by atoms with Crippen molar-refractivity contribution in [3.05, 3.63) is 40.3 Å². The molecule has 34 heavy (non-hydrogen) atoms. The third-order valence-corrected chi connectivity index (χ3v) is 6.54. The highest BCUT2D eigenvalue weighted by molar-refractivity contribution is 7.09. The van der Waals surface area contributed by atoms with Crippen LogP contribution in [0.15, 0.2) is 29.6 Å². The molecule has 1 aromatic heterocycles. The van der Waals surface area contributed by atoms with Crippen molar-refractivity contribution in [1.82, 2.24) is 14.8 Å². The Morgan fingerprint density at radius 3 is 2.47 bits per heavy atom. The number of esters is 1. The Morgan fingerprint density at radius 1 is 1.21 bits per heavy atom. The van der Waals surface area contributed by atoms with E-state index >= 15 is 0 Å². The van der Waals surface area contributed by atoms with Crippen molar-refractivity contribution < 1.29 is 23.9 Å². The minimum atomic E-state index is -0.246. The average molecular weight is 489 g/mol. The molecule has 3 rings (SSSR count). The van der Waals surface area contributed by atoms with Crippen molar-refractivity contribution in [3.63, 3.8) is 0 Å². The highest BCUT2D eigenvalue weighted by atomic mass is 32.1. The first-order chi connectivity index (χ1) is 16.3. The first-order valence-electron chi connectivity index (χ1n) is 11.4. The summed E-state index contributed by atoms with van der Waals surface area (Å²) in [5.74, 6) is 0.221. The van der Waals surface area contributed by atoms with Gasteiger partial charge in [0.1, 0.15) is 16.5 Å². The number of benzene rings is 1. The Labute approximate surface area is 204 Å². The molecule has 9 nitrogen and oxygen atoms in total. The number of aromatic nitrogens is 1. The molecule has 1 aliphatic rings. The van der Waals surface area contributed by atoms with E-state index in [2.05, 4.69) is 10.3 Å². The number of hydrogen-bond donors (Lipinski definition) is 1. The lowest BCUT2D eigenvalue weighted by molar-refractivity contribution is -0.149. The maximum absolute atomic E-state index is 12.9. The van der Waals surface area contributed by atoms with Gasteiger partial charge < -0.3 is 24.6 Å². The second-order valence-corrected chi connectivity index (χ2v) is 9.27. The van der Waals surface area contributed by atoms with Crippen LogP contribution >= 0.6 is 11.3 Å². The molecule has 0 spiro atoms. The van der Waals surface area contributed by atoms with Gasteiger partial charge in [-0.05, 0) is 57.9 Å². The molecule has 0 radical (unpaired) electrons. The predicted octanol–water partition coefficient (Wildman–Crippen LogP) is 4.01. The smallest absolute Gasteiger partial charge is 0.322 e. The number of nitrogens with one attached hydrogen (secondary N) is 1.